The third-order valence-electron chi connectivity index (χ3n) is 1.77. The molecule has 3 nitrogen and oxygen atoms in total. The van der Waals surface area contributed by atoms with Gasteiger partial charge in [0.1, 0.15) is 12.3 Å². The monoisotopic (exact) mass is 192 g/mol. The molecule has 0 amide bonds. The van der Waals surface area contributed by atoms with Gasteiger partial charge in [0.25, 0.3) is 6.43 Å². The highest BCUT2D eigenvalue weighted by Crippen LogP contribution is 2.25. The predicted octanol–water partition coefficient (Wildman–Crippen LogP) is 1.55. The van der Waals surface area contributed by atoms with Crippen molar-refractivity contribution in [2.24, 2.45) is 0 Å². The molecule has 0 bridgehead atoms. The quantitative estimate of drug-likeness (QED) is 0.675. The van der Waals surface area contributed by atoms with E-state index in [1.165, 1.54) is 0 Å². The van der Waals surface area contributed by atoms with Crippen molar-refractivity contribution in [1.82, 2.24) is 9.78 Å². The van der Waals surface area contributed by atoms with Gasteiger partial charge in [-0.25, -0.2) is 17.9 Å². The van der Waals surface area contributed by atoms with E-state index in [9.17, 15) is 13.2 Å². The number of nitrogens with zero attached hydrogens (tertiary/aromatic N) is 2. The Morgan fingerprint density at radius 2 is 2.38 bits per heavy atom. The van der Waals surface area contributed by atoms with E-state index in [0.29, 0.717) is 0 Å². The van der Waals surface area contributed by atoms with Crippen LogP contribution in [0.1, 0.15) is 12.1 Å². The van der Waals surface area contributed by atoms with Gasteiger partial charge in [0.2, 0.25) is 5.88 Å². The lowest BCUT2D eigenvalue weighted by Gasteiger charge is -2.17. The summed E-state index contributed by atoms with van der Waals surface area (Å²) in [5.41, 5.74) is -0.371. The summed E-state index contributed by atoms with van der Waals surface area (Å²) in [5.74, 6) is 0.212. The number of aromatic nitrogens is 2. The topological polar surface area (TPSA) is 27.1 Å². The Balaban J connectivity index is 2.28. The van der Waals surface area contributed by atoms with Crippen molar-refractivity contribution in [3.63, 3.8) is 0 Å². The molecule has 0 fully saturated rings. The minimum absolute atomic E-state index is 0.0119. The smallest absolute Gasteiger partial charge is 0.282 e. The van der Waals surface area contributed by atoms with E-state index < -0.39 is 12.6 Å². The van der Waals surface area contributed by atoms with Gasteiger partial charge >= 0.3 is 0 Å². The molecule has 0 aromatic carbocycles. The fourth-order valence-corrected chi connectivity index (χ4v) is 1.19. The van der Waals surface area contributed by atoms with E-state index in [4.69, 9.17) is 4.74 Å². The summed E-state index contributed by atoms with van der Waals surface area (Å²) in [6, 6.07) is 1.14. The number of hydrogen-bond donors (Lipinski definition) is 0. The van der Waals surface area contributed by atoms with Crippen LogP contribution >= 0.6 is 0 Å². The van der Waals surface area contributed by atoms with Gasteiger partial charge in [-0.2, -0.15) is 5.10 Å². The van der Waals surface area contributed by atoms with E-state index in [-0.39, 0.29) is 24.7 Å². The van der Waals surface area contributed by atoms with Gasteiger partial charge in [-0.15, -0.1) is 0 Å². The number of alkyl halides is 3. The molecule has 1 aromatic heterocycles. The van der Waals surface area contributed by atoms with Crippen molar-refractivity contribution in [2.45, 2.75) is 19.1 Å². The van der Waals surface area contributed by atoms with Crippen molar-refractivity contribution in [2.75, 3.05) is 6.61 Å². The molecule has 13 heavy (non-hydrogen) atoms. The molecule has 0 N–H and O–H groups in total. The molecule has 0 spiro atoms. The second-order valence-corrected chi connectivity index (χ2v) is 2.80. The molecule has 1 aromatic rings. The van der Waals surface area contributed by atoms with E-state index in [1.807, 2.05) is 0 Å². The van der Waals surface area contributed by atoms with Crippen molar-refractivity contribution in [3.05, 3.63) is 11.8 Å². The Kier molecular flexibility index (Phi) is 1.90. The average Bonchev–Trinajstić information content (AvgIpc) is 2.46. The summed E-state index contributed by atoms with van der Waals surface area (Å²) in [7, 11) is 0. The van der Waals surface area contributed by atoms with Crippen LogP contribution in [0.15, 0.2) is 6.07 Å². The van der Waals surface area contributed by atoms with Crippen molar-refractivity contribution >= 4 is 0 Å². The molecule has 1 aliphatic rings. The zero-order valence-electron chi connectivity index (χ0n) is 6.58. The van der Waals surface area contributed by atoms with Gasteiger partial charge in [0.05, 0.1) is 6.54 Å². The van der Waals surface area contributed by atoms with E-state index in [0.717, 1.165) is 10.7 Å². The highest BCUT2D eigenvalue weighted by atomic mass is 19.3. The molecule has 0 saturated heterocycles. The standard InChI is InChI=1S/C7H7F3N2O/c8-4-2-12-6(13-3-4)1-5(11-12)7(9)10/h1,4,7H,2-3H2. The van der Waals surface area contributed by atoms with Gasteiger partial charge in [-0.05, 0) is 0 Å². The highest BCUT2D eigenvalue weighted by Gasteiger charge is 2.23. The van der Waals surface area contributed by atoms with Crippen molar-refractivity contribution < 1.29 is 17.9 Å². The molecule has 6 heteroatoms. The molecule has 1 unspecified atom stereocenters. The van der Waals surface area contributed by atoms with Crippen LogP contribution in [0.2, 0.25) is 0 Å². The van der Waals surface area contributed by atoms with Crippen molar-refractivity contribution in [3.8, 4) is 5.88 Å². The maximum Gasteiger partial charge on any atom is 0.282 e. The molecular formula is C7H7F3N2O. The van der Waals surface area contributed by atoms with Gasteiger partial charge < -0.3 is 4.74 Å². The predicted molar refractivity (Wildman–Crippen MR) is 37.6 cm³/mol. The summed E-state index contributed by atoms with van der Waals surface area (Å²) in [6.45, 7) is -0.101. The molecule has 0 radical (unpaired) electrons. The SMILES string of the molecule is FC1COc2cc(C(F)F)nn2C1. The average molecular weight is 192 g/mol. The zero-order chi connectivity index (χ0) is 9.42. The molecule has 2 heterocycles. The minimum atomic E-state index is -2.64. The maximum absolute atomic E-state index is 12.7. The molecule has 0 saturated carbocycles. The second kappa shape index (κ2) is 2.93. The zero-order valence-corrected chi connectivity index (χ0v) is 6.58. The first-order valence-corrected chi connectivity index (χ1v) is 3.79. The Morgan fingerprint density at radius 3 is 3.08 bits per heavy atom. The van der Waals surface area contributed by atoms with Crippen LogP contribution in [-0.2, 0) is 6.54 Å². The van der Waals surface area contributed by atoms with Crippen LogP contribution in [0.3, 0.4) is 0 Å². The van der Waals surface area contributed by atoms with Crippen LogP contribution in [0.5, 0.6) is 5.88 Å². The van der Waals surface area contributed by atoms with E-state index in [2.05, 4.69) is 5.10 Å². The third-order valence-corrected chi connectivity index (χ3v) is 1.77. The molecule has 0 aliphatic carbocycles. The molecule has 1 aliphatic heterocycles. The first-order chi connectivity index (χ1) is 6.16. The molecule has 1 atom stereocenters. The van der Waals surface area contributed by atoms with E-state index in [1.54, 1.807) is 0 Å². The molecule has 2 rings (SSSR count). The van der Waals surface area contributed by atoms with Crippen LogP contribution < -0.4 is 4.74 Å². The number of ether oxygens (including phenoxy) is 1. The summed E-state index contributed by atoms with van der Waals surface area (Å²) >= 11 is 0. The Bertz CT molecular complexity index is 313. The van der Waals surface area contributed by atoms with Gasteiger partial charge in [0, 0.05) is 6.07 Å². The first-order valence-electron chi connectivity index (χ1n) is 3.79. The second-order valence-electron chi connectivity index (χ2n) is 2.80. The number of rotatable bonds is 1. The van der Waals surface area contributed by atoms with Crippen LogP contribution in [0.4, 0.5) is 13.2 Å². The summed E-state index contributed by atoms with van der Waals surface area (Å²) in [5, 5.41) is 3.50. The first kappa shape index (κ1) is 8.40. The molecular weight excluding hydrogens is 185 g/mol. The fourth-order valence-electron chi connectivity index (χ4n) is 1.19. The number of halogens is 3. The van der Waals surface area contributed by atoms with Crippen LogP contribution in [-0.4, -0.2) is 22.6 Å². The van der Waals surface area contributed by atoms with Crippen LogP contribution in [0.25, 0.3) is 0 Å². The Labute approximate surface area is 72.1 Å². The van der Waals surface area contributed by atoms with Crippen LogP contribution in [0, 0.1) is 0 Å². The summed E-state index contributed by atoms with van der Waals surface area (Å²) < 4.78 is 42.9. The normalized spacial score (nSPS) is 21.4. The highest BCUT2D eigenvalue weighted by molar-refractivity contribution is 5.18. The Hall–Kier alpha value is -1.20. The lowest BCUT2D eigenvalue weighted by atomic mass is 10.4. The lowest BCUT2D eigenvalue weighted by molar-refractivity contribution is 0.122. The largest absolute Gasteiger partial charge is 0.475 e. The minimum Gasteiger partial charge on any atom is -0.475 e. The maximum atomic E-state index is 12.7. The van der Waals surface area contributed by atoms with Crippen molar-refractivity contribution in [1.29, 1.82) is 0 Å². The number of hydrogen-bond acceptors (Lipinski definition) is 2. The lowest BCUT2D eigenvalue weighted by Crippen LogP contribution is -2.26. The molecule has 72 valence electrons. The Morgan fingerprint density at radius 1 is 1.62 bits per heavy atom. The fraction of sp³-hybridized carbons (Fsp3) is 0.571. The summed E-state index contributed by atoms with van der Waals surface area (Å²) in [6.07, 6.45) is -3.81. The summed E-state index contributed by atoms with van der Waals surface area (Å²) in [4.78, 5) is 0. The van der Waals surface area contributed by atoms with Gasteiger partial charge in [-0.3, -0.25) is 0 Å². The third kappa shape index (κ3) is 1.48. The number of fused-ring (bicyclic) bond motifs is 1. The van der Waals surface area contributed by atoms with Gasteiger partial charge in [0.15, 0.2) is 6.17 Å². The van der Waals surface area contributed by atoms with Gasteiger partial charge in [-0.1, -0.05) is 0 Å². The van der Waals surface area contributed by atoms with E-state index >= 15 is 0 Å².